The largest absolute Gasteiger partial charge is 0.491 e. The first-order valence-electron chi connectivity index (χ1n) is 5.33. The summed E-state index contributed by atoms with van der Waals surface area (Å²) in [5.74, 6) is 0.591. The molecule has 0 spiro atoms. The highest BCUT2D eigenvalue weighted by Gasteiger charge is 2.05. The number of aliphatic hydroxyl groups excluding tert-OH is 1. The summed E-state index contributed by atoms with van der Waals surface area (Å²) in [4.78, 5) is 0. The number of aliphatic hydroxyl groups is 1. The molecule has 1 atom stereocenters. The van der Waals surface area contributed by atoms with Crippen LogP contribution in [0.2, 0.25) is 0 Å². The maximum Gasteiger partial charge on any atom is 0.120 e. The average Bonchev–Trinajstić information content (AvgIpc) is 2.34. The number of benzene rings is 1. The van der Waals surface area contributed by atoms with Crippen molar-refractivity contribution in [3.63, 3.8) is 0 Å². The first-order valence-corrected chi connectivity index (χ1v) is 5.33. The van der Waals surface area contributed by atoms with Gasteiger partial charge in [0.1, 0.15) is 18.5 Å². The van der Waals surface area contributed by atoms with E-state index in [1.54, 1.807) is 29.3 Å². The van der Waals surface area contributed by atoms with Gasteiger partial charge in [0, 0.05) is 20.6 Å². The number of hydrogen-bond acceptors (Lipinski definition) is 5. The maximum atomic E-state index is 9.61. The molecule has 0 saturated heterocycles. The highest BCUT2D eigenvalue weighted by molar-refractivity contribution is 5.36. The summed E-state index contributed by atoms with van der Waals surface area (Å²) in [6.45, 7) is 0.612. The van der Waals surface area contributed by atoms with Crippen molar-refractivity contribution in [1.29, 1.82) is 5.26 Å². The quantitative estimate of drug-likeness (QED) is 0.697. The molecule has 0 radical (unpaired) electrons. The SMILES string of the molecule is CN(C)NCC(O)COc1cccc(C#N)c1. The maximum absolute atomic E-state index is 9.61. The van der Waals surface area contributed by atoms with Crippen LogP contribution in [0.1, 0.15) is 5.56 Å². The zero-order valence-electron chi connectivity index (χ0n) is 10.1. The van der Waals surface area contributed by atoms with Gasteiger partial charge in [-0.3, -0.25) is 10.4 Å². The molecule has 0 aliphatic carbocycles. The zero-order chi connectivity index (χ0) is 12.7. The molecule has 0 aliphatic heterocycles. The lowest BCUT2D eigenvalue weighted by Gasteiger charge is -2.16. The predicted octanol–water partition coefficient (Wildman–Crippen LogP) is 0.364. The summed E-state index contributed by atoms with van der Waals surface area (Å²) >= 11 is 0. The van der Waals surface area contributed by atoms with Crippen LogP contribution in [0, 0.1) is 11.3 Å². The predicted molar refractivity (Wildman–Crippen MR) is 64.3 cm³/mol. The summed E-state index contributed by atoms with van der Waals surface area (Å²) in [6, 6.07) is 8.89. The molecule has 0 amide bonds. The number of nitriles is 1. The summed E-state index contributed by atoms with van der Waals surface area (Å²) < 4.78 is 5.38. The molecule has 92 valence electrons. The molecule has 0 bridgehead atoms. The number of nitrogens with one attached hydrogen (secondary N) is 1. The molecule has 17 heavy (non-hydrogen) atoms. The van der Waals surface area contributed by atoms with Crippen LogP contribution < -0.4 is 10.2 Å². The Morgan fingerprint density at radius 2 is 2.29 bits per heavy atom. The second-order valence-corrected chi connectivity index (χ2v) is 3.86. The van der Waals surface area contributed by atoms with Gasteiger partial charge in [-0.1, -0.05) is 6.07 Å². The van der Waals surface area contributed by atoms with E-state index in [2.05, 4.69) is 5.43 Å². The third kappa shape index (κ3) is 5.31. The van der Waals surface area contributed by atoms with Crippen molar-refractivity contribution in [3.8, 4) is 11.8 Å². The minimum atomic E-state index is -0.594. The Morgan fingerprint density at radius 3 is 2.94 bits per heavy atom. The highest BCUT2D eigenvalue weighted by atomic mass is 16.5. The van der Waals surface area contributed by atoms with Crippen molar-refractivity contribution in [3.05, 3.63) is 29.8 Å². The minimum Gasteiger partial charge on any atom is -0.491 e. The van der Waals surface area contributed by atoms with Crippen molar-refractivity contribution in [1.82, 2.24) is 10.4 Å². The van der Waals surface area contributed by atoms with E-state index in [0.717, 1.165) is 0 Å². The fourth-order valence-electron chi connectivity index (χ4n) is 1.19. The molecular formula is C12H17N3O2. The van der Waals surface area contributed by atoms with Crippen LogP contribution in [-0.2, 0) is 0 Å². The van der Waals surface area contributed by atoms with E-state index in [1.807, 2.05) is 20.2 Å². The molecule has 1 aromatic rings. The third-order valence-electron chi connectivity index (χ3n) is 2.05. The number of rotatable bonds is 6. The summed E-state index contributed by atoms with van der Waals surface area (Å²) in [7, 11) is 3.70. The second kappa shape index (κ2) is 6.86. The number of ether oxygens (including phenoxy) is 1. The van der Waals surface area contributed by atoms with Gasteiger partial charge in [0.15, 0.2) is 0 Å². The molecule has 0 aromatic heterocycles. The normalized spacial score (nSPS) is 12.2. The van der Waals surface area contributed by atoms with Crippen LogP contribution >= 0.6 is 0 Å². The Hall–Kier alpha value is -1.61. The number of hydrogen-bond donors (Lipinski definition) is 2. The lowest BCUT2D eigenvalue weighted by Crippen LogP contribution is -2.39. The summed E-state index contributed by atoms with van der Waals surface area (Å²) in [5, 5.41) is 20.1. The van der Waals surface area contributed by atoms with Gasteiger partial charge < -0.3 is 9.84 Å². The van der Waals surface area contributed by atoms with Crippen molar-refractivity contribution in [2.45, 2.75) is 6.10 Å². The van der Waals surface area contributed by atoms with Gasteiger partial charge in [-0.15, -0.1) is 0 Å². The van der Waals surface area contributed by atoms with Gasteiger partial charge in [-0.25, -0.2) is 0 Å². The summed E-state index contributed by atoms with van der Waals surface area (Å²) in [6.07, 6.45) is -0.594. The average molecular weight is 235 g/mol. The molecule has 2 N–H and O–H groups in total. The van der Waals surface area contributed by atoms with E-state index < -0.39 is 6.10 Å². The molecule has 0 aliphatic rings. The van der Waals surface area contributed by atoms with Crippen LogP contribution in [0.3, 0.4) is 0 Å². The van der Waals surface area contributed by atoms with Gasteiger partial charge in [0.05, 0.1) is 11.6 Å². The molecular weight excluding hydrogens is 218 g/mol. The van der Waals surface area contributed by atoms with Gasteiger partial charge >= 0.3 is 0 Å². The Morgan fingerprint density at radius 1 is 1.53 bits per heavy atom. The topological polar surface area (TPSA) is 68.5 Å². The first kappa shape index (κ1) is 13.5. The van der Waals surface area contributed by atoms with E-state index in [9.17, 15) is 5.11 Å². The van der Waals surface area contributed by atoms with E-state index in [4.69, 9.17) is 10.00 Å². The van der Waals surface area contributed by atoms with Crippen LogP contribution in [0.5, 0.6) is 5.75 Å². The van der Waals surface area contributed by atoms with Crippen molar-refractivity contribution >= 4 is 0 Å². The van der Waals surface area contributed by atoms with Crippen molar-refractivity contribution < 1.29 is 9.84 Å². The standard InChI is InChI=1S/C12H17N3O2/c1-15(2)14-8-11(16)9-17-12-5-3-4-10(6-12)7-13/h3-6,11,14,16H,8-9H2,1-2H3. The Balaban J connectivity index is 2.37. The van der Waals surface area contributed by atoms with Crippen LogP contribution in [-0.4, -0.2) is 43.5 Å². The van der Waals surface area contributed by atoms with E-state index in [1.165, 1.54) is 0 Å². The second-order valence-electron chi connectivity index (χ2n) is 3.86. The smallest absolute Gasteiger partial charge is 0.120 e. The molecule has 1 unspecified atom stereocenters. The van der Waals surface area contributed by atoms with Crippen LogP contribution in [0.4, 0.5) is 0 Å². The van der Waals surface area contributed by atoms with Crippen LogP contribution in [0.15, 0.2) is 24.3 Å². The molecule has 0 saturated carbocycles. The molecule has 0 fully saturated rings. The van der Waals surface area contributed by atoms with Crippen LogP contribution in [0.25, 0.3) is 0 Å². The van der Waals surface area contributed by atoms with E-state index in [-0.39, 0.29) is 6.61 Å². The van der Waals surface area contributed by atoms with Gasteiger partial charge in [-0.05, 0) is 18.2 Å². The Kier molecular flexibility index (Phi) is 5.43. The molecule has 1 rings (SSSR count). The van der Waals surface area contributed by atoms with E-state index in [0.29, 0.717) is 17.9 Å². The lowest BCUT2D eigenvalue weighted by atomic mass is 10.2. The minimum absolute atomic E-state index is 0.190. The monoisotopic (exact) mass is 235 g/mol. The van der Waals surface area contributed by atoms with Gasteiger partial charge in [0.2, 0.25) is 0 Å². The third-order valence-corrected chi connectivity index (χ3v) is 2.05. The lowest BCUT2D eigenvalue weighted by molar-refractivity contribution is 0.0884. The van der Waals surface area contributed by atoms with Gasteiger partial charge in [-0.2, -0.15) is 5.26 Å². The summed E-state index contributed by atoms with van der Waals surface area (Å²) in [5.41, 5.74) is 3.50. The Labute approximate surface area is 101 Å². The van der Waals surface area contributed by atoms with Gasteiger partial charge in [0.25, 0.3) is 0 Å². The zero-order valence-corrected chi connectivity index (χ0v) is 10.1. The van der Waals surface area contributed by atoms with E-state index >= 15 is 0 Å². The number of hydrazine groups is 1. The fraction of sp³-hybridized carbons (Fsp3) is 0.417. The molecule has 5 nitrogen and oxygen atoms in total. The number of nitrogens with zero attached hydrogens (tertiary/aromatic N) is 2. The van der Waals surface area contributed by atoms with Crippen molar-refractivity contribution in [2.75, 3.05) is 27.2 Å². The molecule has 1 aromatic carbocycles. The highest BCUT2D eigenvalue weighted by Crippen LogP contribution is 2.12. The molecule has 5 heteroatoms. The Bertz CT molecular complexity index is 388. The fourth-order valence-corrected chi connectivity index (χ4v) is 1.19. The van der Waals surface area contributed by atoms with Crippen molar-refractivity contribution in [2.24, 2.45) is 0 Å². The first-order chi connectivity index (χ1) is 8.11. The molecule has 0 heterocycles.